The van der Waals surface area contributed by atoms with E-state index in [1.165, 1.54) is 0 Å². The standard InChI is InChI=1S/C16H21N3O/c1-3-11-18-16(17-2)19-12-9-15(10-13-19)20-14-7-5-4-6-8-14/h1,4-8,15H,9-13H2,2H3,(H,17,18). The number of para-hydroxylation sites is 1. The second kappa shape index (κ2) is 7.44. The van der Waals surface area contributed by atoms with Gasteiger partial charge in [-0.15, -0.1) is 6.42 Å². The van der Waals surface area contributed by atoms with E-state index in [-0.39, 0.29) is 6.10 Å². The van der Waals surface area contributed by atoms with Gasteiger partial charge in [0.05, 0.1) is 6.54 Å². The molecule has 4 nitrogen and oxygen atoms in total. The summed E-state index contributed by atoms with van der Waals surface area (Å²) in [5, 5.41) is 3.15. The van der Waals surface area contributed by atoms with Crippen molar-refractivity contribution in [1.82, 2.24) is 10.2 Å². The van der Waals surface area contributed by atoms with Gasteiger partial charge >= 0.3 is 0 Å². The number of hydrogen-bond acceptors (Lipinski definition) is 2. The zero-order valence-corrected chi connectivity index (χ0v) is 11.9. The van der Waals surface area contributed by atoms with E-state index in [1.54, 1.807) is 7.05 Å². The first-order chi connectivity index (χ1) is 9.83. The maximum absolute atomic E-state index is 5.98. The third-order valence-electron chi connectivity index (χ3n) is 3.35. The zero-order chi connectivity index (χ0) is 14.2. The van der Waals surface area contributed by atoms with Crippen LogP contribution in [0.1, 0.15) is 12.8 Å². The normalized spacial score (nSPS) is 16.6. The van der Waals surface area contributed by atoms with Crippen molar-refractivity contribution in [3.8, 4) is 18.1 Å². The largest absolute Gasteiger partial charge is 0.490 e. The van der Waals surface area contributed by atoms with Gasteiger partial charge in [-0.25, -0.2) is 0 Å². The minimum absolute atomic E-state index is 0.277. The first kappa shape index (κ1) is 14.3. The predicted octanol–water partition coefficient (Wildman–Crippen LogP) is 1.74. The summed E-state index contributed by atoms with van der Waals surface area (Å²) in [5.41, 5.74) is 0. The summed E-state index contributed by atoms with van der Waals surface area (Å²) in [7, 11) is 1.78. The molecule has 1 aliphatic rings. The van der Waals surface area contributed by atoms with Crippen LogP contribution in [0.3, 0.4) is 0 Å². The van der Waals surface area contributed by atoms with Crippen LogP contribution in [-0.4, -0.2) is 43.6 Å². The molecule has 0 spiro atoms. The molecular weight excluding hydrogens is 250 g/mol. The van der Waals surface area contributed by atoms with Gasteiger partial charge in [0.25, 0.3) is 0 Å². The Morgan fingerprint density at radius 1 is 1.40 bits per heavy atom. The number of hydrogen-bond donors (Lipinski definition) is 1. The van der Waals surface area contributed by atoms with Gasteiger partial charge in [0, 0.05) is 33.0 Å². The number of likely N-dealkylation sites (tertiary alicyclic amines) is 1. The van der Waals surface area contributed by atoms with Crippen molar-refractivity contribution in [2.24, 2.45) is 4.99 Å². The minimum Gasteiger partial charge on any atom is -0.490 e. The highest BCUT2D eigenvalue weighted by Crippen LogP contribution is 2.18. The van der Waals surface area contributed by atoms with Crippen LogP contribution in [0, 0.1) is 12.3 Å². The van der Waals surface area contributed by atoms with E-state index in [0.717, 1.165) is 37.6 Å². The van der Waals surface area contributed by atoms with E-state index in [4.69, 9.17) is 11.2 Å². The number of aliphatic imine (C=N–C) groups is 1. The topological polar surface area (TPSA) is 36.9 Å². The van der Waals surface area contributed by atoms with Crippen LogP contribution in [0.25, 0.3) is 0 Å². The Balaban J connectivity index is 1.82. The number of nitrogens with one attached hydrogen (secondary N) is 1. The molecule has 0 amide bonds. The summed E-state index contributed by atoms with van der Waals surface area (Å²) in [6.07, 6.45) is 7.52. The number of piperidine rings is 1. The lowest BCUT2D eigenvalue weighted by Crippen LogP contribution is -2.47. The molecular formula is C16H21N3O. The van der Waals surface area contributed by atoms with Crippen molar-refractivity contribution in [2.75, 3.05) is 26.7 Å². The van der Waals surface area contributed by atoms with Crippen molar-refractivity contribution in [3.63, 3.8) is 0 Å². The highest BCUT2D eigenvalue weighted by molar-refractivity contribution is 5.80. The van der Waals surface area contributed by atoms with Crippen molar-refractivity contribution >= 4 is 5.96 Å². The molecule has 0 saturated carbocycles. The number of nitrogens with zero attached hydrogens (tertiary/aromatic N) is 2. The number of guanidine groups is 1. The molecule has 0 aromatic heterocycles. The van der Waals surface area contributed by atoms with Gasteiger partial charge in [0.2, 0.25) is 0 Å². The third-order valence-corrected chi connectivity index (χ3v) is 3.35. The third kappa shape index (κ3) is 3.92. The fourth-order valence-corrected chi connectivity index (χ4v) is 2.34. The Bertz CT molecular complexity index is 470. The fourth-order valence-electron chi connectivity index (χ4n) is 2.34. The van der Waals surface area contributed by atoms with Crippen LogP contribution < -0.4 is 10.1 Å². The van der Waals surface area contributed by atoms with Crippen molar-refractivity contribution in [1.29, 1.82) is 0 Å². The van der Waals surface area contributed by atoms with Gasteiger partial charge in [0.1, 0.15) is 11.9 Å². The molecule has 4 heteroatoms. The van der Waals surface area contributed by atoms with Crippen molar-refractivity contribution in [3.05, 3.63) is 30.3 Å². The molecule has 0 radical (unpaired) electrons. The molecule has 0 atom stereocenters. The van der Waals surface area contributed by atoms with E-state index in [9.17, 15) is 0 Å². The van der Waals surface area contributed by atoms with E-state index < -0.39 is 0 Å². The van der Waals surface area contributed by atoms with Crippen LogP contribution in [0.15, 0.2) is 35.3 Å². The Morgan fingerprint density at radius 3 is 2.70 bits per heavy atom. The highest BCUT2D eigenvalue weighted by Gasteiger charge is 2.22. The van der Waals surface area contributed by atoms with Gasteiger partial charge in [-0.1, -0.05) is 24.1 Å². The molecule has 1 aromatic rings. The summed E-state index contributed by atoms with van der Waals surface area (Å²) in [6.45, 7) is 2.37. The van der Waals surface area contributed by atoms with Gasteiger partial charge in [-0.05, 0) is 12.1 Å². The summed E-state index contributed by atoms with van der Waals surface area (Å²) in [4.78, 5) is 6.48. The van der Waals surface area contributed by atoms with E-state index >= 15 is 0 Å². The molecule has 1 fully saturated rings. The first-order valence-corrected chi connectivity index (χ1v) is 6.94. The summed E-state index contributed by atoms with van der Waals surface area (Å²) >= 11 is 0. The second-order valence-corrected chi connectivity index (χ2v) is 4.72. The van der Waals surface area contributed by atoms with Crippen LogP contribution in [-0.2, 0) is 0 Å². The molecule has 1 aliphatic heterocycles. The van der Waals surface area contributed by atoms with Gasteiger partial charge in [0.15, 0.2) is 5.96 Å². The SMILES string of the molecule is C#CCNC(=NC)N1CCC(Oc2ccccc2)CC1. The highest BCUT2D eigenvalue weighted by atomic mass is 16.5. The molecule has 0 bridgehead atoms. The Labute approximate surface area is 120 Å². The molecule has 20 heavy (non-hydrogen) atoms. The van der Waals surface area contributed by atoms with Gasteiger partial charge in [-0.2, -0.15) is 0 Å². The number of ether oxygens (including phenoxy) is 1. The Morgan fingerprint density at radius 2 is 2.10 bits per heavy atom. The molecule has 106 valence electrons. The number of benzene rings is 1. The molecule has 1 N–H and O–H groups in total. The van der Waals surface area contributed by atoms with E-state index in [0.29, 0.717) is 6.54 Å². The van der Waals surface area contributed by atoms with Crippen molar-refractivity contribution < 1.29 is 4.74 Å². The molecule has 1 aromatic carbocycles. The van der Waals surface area contributed by atoms with Crippen LogP contribution in [0.4, 0.5) is 0 Å². The first-order valence-electron chi connectivity index (χ1n) is 6.94. The molecule has 0 aliphatic carbocycles. The van der Waals surface area contributed by atoms with Crippen LogP contribution >= 0.6 is 0 Å². The minimum atomic E-state index is 0.277. The predicted molar refractivity (Wildman–Crippen MR) is 81.9 cm³/mol. The van der Waals surface area contributed by atoms with Gasteiger partial charge in [-0.3, -0.25) is 4.99 Å². The van der Waals surface area contributed by atoms with Crippen LogP contribution in [0.5, 0.6) is 5.75 Å². The smallest absolute Gasteiger partial charge is 0.194 e. The van der Waals surface area contributed by atoms with Crippen LogP contribution in [0.2, 0.25) is 0 Å². The monoisotopic (exact) mass is 271 g/mol. The van der Waals surface area contributed by atoms with E-state index in [1.807, 2.05) is 30.3 Å². The van der Waals surface area contributed by atoms with E-state index in [2.05, 4.69) is 21.1 Å². The lowest BCUT2D eigenvalue weighted by atomic mass is 10.1. The molecule has 1 saturated heterocycles. The maximum Gasteiger partial charge on any atom is 0.194 e. The molecule has 1 heterocycles. The molecule has 2 rings (SSSR count). The second-order valence-electron chi connectivity index (χ2n) is 4.72. The lowest BCUT2D eigenvalue weighted by molar-refractivity contribution is 0.129. The molecule has 0 unspecified atom stereocenters. The Kier molecular flexibility index (Phi) is 5.31. The van der Waals surface area contributed by atoms with Gasteiger partial charge < -0.3 is 15.0 Å². The number of terminal acetylenes is 1. The number of rotatable bonds is 3. The summed E-state index contributed by atoms with van der Waals surface area (Å²) in [6, 6.07) is 9.99. The average Bonchev–Trinajstić information content (AvgIpc) is 2.50. The summed E-state index contributed by atoms with van der Waals surface area (Å²) < 4.78 is 5.98. The van der Waals surface area contributed by atoms with Crippen molar-refractivity contribution in [2.45, 2.75) is 18.9 Å². The average molecular weight is 271 g/mol. The lowest BCUT2D eigenvalue weighted by Gasteiger charge is -2.34. The zero-order valence-electron chi connectivity index (χ0n) is 11.9. The summed E-state index contributed by atoms with van der Waals surface area (Å²) in [5.74, 6) is 4.39. The fraction of sp³-hybridized carbons (Fsp3) is 0.438. The maximum atomic E-state index is 5.98. The Hall–Kier alpha value is -2.15. The quantitative estimate of drug-likeness (QED) is 0.517.